The Balaban J connectivity index is 2.21. The van der Waals surface area contributed by atoms with Crippen molar-refractivity contribution in [1.82, 2.24) is 14.8 Å². The molecule has 64 valence electrons. The highest BCUT2D eigenvalue weighted by atomic mass is 16.4. The molecule has 1 fully saturated rings. The van der Waals surface area contributed by atoms with Crippen molar-refractivity contribution in [2.24, 2.45) is 5.92 Å². The van der Waals surface area contributed by atoms with Gasteiger partial charge in [0, 0.05) is 0 Å². The molecule has 1 N–H and O–H groups in total. The zero-order chi connectivity index (χ0) is 8.55. The van der Waals surface area contributed by atoms with Crippen LogP contribution in [-0.2, 0) is 4.79 Å². The largest absolute Gasteiger partial charge is 0.480 e. The first-order valence-electron chi connectivity index (χ1n) is 3.86. The van der Waals surface area contributed by atoms with E-state index in [9.17, 15) is 4.79 Å². The Morgan fingerprint density at radius 3 is 2.50 bits per heavy atom. The molecular weight excluding hydrogens is 158 g/mol. The Kier molecular flexibility index (Phi) is 1.56. The molecule has 1 unspecified atom stereocenters. The lowest BCUT2D eigenvalue weighted by atomic mass is 10.2. The van der Waals surface area contributed by atoms with Gasteiger partial charge in [0.1, 0.15) is 18.7 Å². The van der Waals surface area contributed by atoms with Crippen LogP contribution in [0.4, 0.5) is 0 Å². The number of nitrogens with zero attached hydrogens (tertiary/aromatic N) is 3. The maximum atomic E-state index is 10.8. The van der Waals surface area contributed by atoms with Gasteiger partial charge in [-0.2, -0.15) is 0 Å². The average molecular weight is 167 g/mol. The molecule has 2 rings (SSSR count). The second-order valence-electron chi connectivity index (χ2n) is 3.03. The van der Waals surface area contributed by atoms with Gasteiger partial charge in [0.25, 0.3) is 0 Å². The highest BCUT2D eigenvalue weighted by Crippen LogP contribution is 2.39. The van der Waals surface area contributed by atoms with Crippen LogP contribution < -0.4 is 0 Å². The number of carboxylic acid groups (broad SMARTS) is 1. The first-order chi connectivity index (χ1) is 5.79. The van der Waals surface area contributed by atoms with Crippen molar-refractivity contribution in [3.05, 3.63) is 12.7 Å². The second-order valence-corrected chi connectivity index (χ2v) is 3.03. The van der Waals surface area contributed by atoms with Crippen LogP contribution in [0.15, 0.2) is 12.7 Å². The summed E-state index contributed by atoms with van der Waals surface area (Å²) in [6.07, 6.45) is 4.90. The summed E-state index contributed by atoms with van der Waals surface area (Å²) in [6, 6.07) is -0.458. The average Bonchev–Trinajstić information content (AvgIpc) is 2.65. The van der Waals surface area contributed by atoms with E-state index < -0.39 is 12.0 Å². The van der Waals surface area contributed by atoms with E-state index in [0.717, 1.165) is 12.8 Å². The molecule has 0 radical (unpaired) electrons. The molecule has 0 spiro atoms. The minimum absolute atomic E-state index is 0.276. The van der Waals surface area contributed by atoms with Gasteiger partial charge in [-0.05, 0) is 18.8 Å². The number of carbonyl (C=O) groups is 1. The number of hydrogen-bond acceptors (Lipinski definition) is 3. The zero-order valence-electron chi connectivity index (χ0n) is 6.42. The Bertz CT molecular complexity index is 279. The molecule has 1 aromatic heterocycles. The monoisotopic (exact) mass is 167 g/mol. The summed E-state index contributed by atoms with van der Waals surface area (Å²) in [7, 11) is 0. The van der Waals surface area contributed by atoms with Gasteiger partial charge in [-0.3, -0.25) is 0 Å². The highest BCUT2D eigenvalue weighted by molar-refractivity contribution is 5.72. The SMILES string of the molecule is O=C(O)C(C1CC1)n1cnnc1. The predicted octanol–water partition coefficient (Wildman–Crippen LogP) is 0.314. The fourth-order valence-electron chi connectivity index (χ4n) is 1.34. The first-order valence-corrected chi connectivity index (χ1v) is 3.86. The van der Waals surface area contributed by atoms with Crippen LogP contribution in [0.25, 0.3) is 0 Å². The van der Waals surface area contributed by atoms with Gasteiger partial charge in [-0.15, -0.1) is 10.2 Å². The molecule has 1 atom stereocenters. The Hall–Kier alpha value is -1.39. The number of carboxylic acids is 1. The van der Waals surface area contributed by atoms with E-state index in [0.29, 0.717) is 0 Å². The Morgan fingerprint density at radius 1 is 1.50 bits per heavy atom. The van der Waals surface area contributed by atoms with Gasteiger partial charge in [0.05, 0.1) is 0 Å². The maximum absolute atomic E-state index is 10.8. The molecule has 5 nitrogen and oxygen atoms in total. The van der Waals surface area contributed by atoms with Crippen LogP contribution in [0.3, 0.4) is 0 Å². The van der Waals surface area contributed by atoms with Crippen molar-refractivity contribution < 1.29 is 9.90 Å². The van der Waals surface area contributed by atoms with E-state index in [1.54, 1.807) is 4.57 Å². The molecule has 12 heavy (non-hydrogen) atoms. The topological polar surface area (TPSA) is 68.0 Å². The molecule has 0 aromatic carbocycles. The Labute approximate surface area is 69.0 Å². The van der Waals surface area contributed by atoms with Gasteiger partial charge in [-0.1, -0.05) is 0 Å². The summed E-state index contributed by atoms with van der Waals surface area (Å²) in [5.41, 5.74) is 0. The lowest BCUT2D eigenvalue weighted by Gasteiger charge is -2.10. The van der Waals surface area contributed by atoms with Crippen molar-refractivity contribution in [3.8, 4) is 0 Å². The molecular formula is C7H9N3O2. The standard InChI is InChI=1S/C7H9N3O2/c11-7(12)6(5-1-2-5)10-3-8-9-4-10/h3-6H,1-2H2,(H,11,12). The number of aliphatic carboxylic acids is 1. The molecule has 5 heteroatoms. The van der Waals surface area contributed by atoms with E-state index in [4.69, 9.17) is 5.11 Å². The third-order valence-electron chi connectivity index (χ3n) is 2.08. The van der Waals surface area contributed by atoms with E-state index in [1.807, 2.05) is 0 Å². The molecule has 1 aromatic rings. The van der Waals surface area contributed by atoms with Gasteiger partial charge in [-0.25, -0.2) is 4.79 Å². The number of aromatic nitrogens is 3. The van der Waals surface area contributed by atoms with Crippen LogP contribution in [0.5, 0.6) is 0 Å². The molecule has 0 amide bonds. The number of rotatable bonds is 3. The normalized spacial score (nSPS) is 19.0. The summed E-state index contributed by atoms with van der Waals surface area (Å²) >= 11 is 0. The van der Waals surface area contributed by atoms with E-state index in [-0.39, 0.29) is 5.92 Å². The molecule has 1 heterocycles. The minimum atomic E-state index is -0.794. The quantitative estimate of drug-likeness (QED) is 0.703. The van der Waals surface area contributed by atoms with Gasteiger partial charge >= 0.3 is 5.97 Å². The molecule has 0 bridgehead atoms. The minimum Gasteiger partial charge on any atom is -0.480 e. The number of hydrogen-bond donors (Lipinski definition) is 1. The molecule has 0 aliphatic heterocycles. The predicted molar refractivity (Wildman–Crippen MR) is 39.4 cm³/mol. The zero-order valence-corrected chi connectivity index (χ0v) is 6.42. The third kappa shape index (κ3) is 1.17. The summed E-state index contributed by atoms with van der Waals surface area (Å²) in [5.74, 6) is -0.518. The summed E-state index contributed by atoms with van der Waals surface area (Å²) in [4.78, 5) is 10.8. The maximum Gasteiger partial charge on any atom is 0.327 e. The molecule has 0 saturated heterocycles. The Morgan fingerprint density at radius 2 is 2.08 bits per heavy atom. The van der Waals surface area contributed by atoms with E-state index in [1.165, 1.54) is 12.7 Å². The van der Waals surface area contributed by atoms with Crippen molar-refractivity contribution in [2.45, 2.75) is 18.9 Å². The van der Waals surface area contributed by atoms with Crippen molar-refractivity contribution in [1.29, 1.82) is 0 Å². The second kappa shape index (κ2) is 2.58. The summed E-state index contributed by atoms with van der Waals surface area (Å²) < 4.78 is 1.56. The third-order valence-corrected chi connectivity index (χ3v) is 2.08. The van der Waals surface area contributed by atoms with Crippen LogP contribution >= 0.6 is 0 Å². The first kappa shape index (κ1) is 7.27. The molecule has 1 saturated carbocycles. The van der Waals surface area contributed by atoms with Crippen molar-refractivity contribution in [3.63, 3.8) is 0 Å². The lowest BCUT2D eigenvalue weighted by Crippen LogP contribution is -2.19. The van der Waals surface area contributed by atoms with Crippen LogP contribution in [0.2, 0.25) is 0 Å². The van der Waals surface area contributed by atoms with Crippen LogP contribution in [-0.4, -0.2) is 25.8 Å². The lowest BCUT2D eigenvalue weighted by molar-refractivity contribution is -0.141. The van der Waals surface area contributed by atoms with Crippen molar-refractivity contribution >= 4 is 5.97 Å². The van der Waals surface area contributed by atoms with Gasteiger partial charge in [0.15, 0.2) is 0 Å². The van der Waals surface area contributed by atoms with Gasteiger partial charge in [0.2, 0.25) is 0 Å². The van der Waals surface area contributed by atoms with Gasteiger partial charge < -0.3 is 9.67 Å². The highest BCUT2D eigenvalue weighted by Gasteiger charge is 2.37. The van der Waals surface area contributed by atoms with Crippen molar-refractivity contribution in [2.75, 3.05) is 0 Å². The fourth-order valence-corrected chi connectivity index (χ4v) is 1.34. The van der Waals surface area contributed by atoms with Crippen LogP contribution in [0, 0.1) is 5.92 Å². The van der Waals surface area contributed by atoms with E-state index in [2.05, 4.69) is 10.2 Å². The fraction of sp³-hybridized carbons (Fsp3) is 0.571. The van der Waals surface area contributed by atoms with Crippen LogP contribution in [0.1, 0.15) is 18.9 Å². The summed E-state index contributed by atoms with van der Waals surface area (Å²) in [6.45, 7) is 0. The van der Waals surface area contributed by atoms with E-state index >= 15 is 0 Å². The molecule has 1 aliphatic rings. The summed E-state index contributed by atoms with van der Waals surface area (Å²) in [5, 5.41) is 16.0. The molecule has 1 aliphatic carbocycles. The smallest absolute Gasteiger partial charge is 0.327 e.